The number of para-hydroxylation sites is 1. The van der Waals surface area contributed by atoms with E-state index >= 15 is 0 Å². The average Bonchev–Trinajstić information content (AvgIpc) is 2.77. The standard InChI is InChI=1S/C18H14ClN7O6/c1-32-14-7-6-10(19)8-12(14)22-16-15(26(30)31)17(21-9-20-16)23-24-18(27)11-4-2-3-5-13(11)25(28)29/h2-9H,1H3,(H,24,27)(H2,20,21,22,23). The number of benzene rings is 2. The van der Waals surface area contributed by atoms with Crippen molar-refractivity contribution >= 4 is 46.2 Å². The Morgan fingerprint density at radius 1 is 1.06 bits per heavy atom. The van der Waals surface area contributed by atoms with Gasteiger partial charge in [0, 0.05) is 11.1 Å². The maximum Gasteiger partial charge on any atom is 0.355 e. The second-order valence-corrected chi connectivity index (χ2v) is 6.44. The van der Waals surface area contributed by atoms with E-state index in [1.165, 1.54) is 31.4 Å². The van der Waals surface area contributed by atoms with E-state index in [4.69, 9.17) is 16.3 Å². The lowest BCUT2D eigenvalue weighted by molar-refractivity contribution is -0.385. The molecule has 0 atom stereocenters. The zero-order chi connectivity index (χ0) is 23.3. The zero-order valence-corrected chi connectivity index (χ0v) is 17.0. The Morgan fingerprint density at radius 3 is 2.47 bits per heavy atom. The first kappa shape index (κ1) is 22.2. The Balaban J connectivity index is 1.89. The number of nitrogens with zero attached hydrogens (tertiary/aromatic N) is 4. The summed E-state index contributed by atoms with van der Waals surface area (Å²) in [4.78, 5) is 41.4. The van der Waals surface area contributed by atoms with Gasteiger partial charge in [0.05, 0.1) is 22.6 Å². The average molecular weight is 460 g/mol. The Labute approximate surface area is 184 Å². The van der Waals surface area contributed by atoms with Crippen LogP contribution in [0.4, 0.5) is 28.7 Å². The maximum absolute atomic E-state index is 12.4. The number of hydrogen-bond donors (Lipinski definition) is 3. The van der Waals surface area contributed by atoms with Crippen molar-refractivity contribution in [2.45, 2.75) is 0 Å². The first-order valence-corrected chi connectivity index (χ1v) is 9.09. The summed E-state index contributed by atoms with van der Waals surface area (Å²) in [6, 6.07) is 9.85. The van der Waals surface area contributed by atoms with Gasteiger partial charge in [-0.2, -0.15) is 0 Å². The summed E-state index contributed by atoms with van der Waals surface area (Å²) in [5.41, 5.74) is 3.50. The van der Waals surface area contributed by atoms with Crippen molar-refractivity contribution in [3.63, 3.8) is 0 Å². The number of hydrazine groups is 1. The minimum Gasteiger partial charge on any atom is -0.495 e. The number of carbonyl (C=O) groups is 1. The molecule has 0 radical (unpaired) electrons. The van der Waals surface area contributed by atoms with Crippen LogP contribution in [0.15, 0.2) is 48.8 Å². The van der Waals surface area contributed by atoms with Crippen LogP contribution >= 0.6 is 11.6 Å². The molecule has 3 N–H and O–H groups in total. The van der Waals surface area contributed by atoms with Crippen LogP contribution in [0.2, 0.25) is 5.02 Å². The fourth-order valence-corrected chi connectivity index (χ4v) is 2.82. The van der Waals surface area contributed by atoms with Crippen molar-refractivity contribution in [3.8, 4) is 5.75 Å². The number of carbonyl (C=O) groups excluding carboxylic acids is 1. The fourth-order valence-electron chi connectivity index (χ4n) is 2.65. The van der Waals surface area contributed by atoms with Crippen LogP contribution in [-0.2, 0) is 0 Å². The van der Waals surface area contributed by atoms with Gasteiger partial charge in [0.15, 0.2) is 0 Å². The SMILES string of the molecule is COc1ccc(Cl)cc1Nc1ncnc(NNC(=O)c2ccccc2[N+](=O)[O-])c1[N+](=O)[O-]. The highest BCUT2D eigenvalue weighted by Gasteiger charge is 2.25. The molecule has 1 aromatic heterocycles. The largest absolute Gasteiger partial charge is 0.495 e. The molecule has 0 bridgehead atoms. The number of hydrogen-bond acceptors (Lipinski definition) is 10. The topological polar surface area (TPSA) is 174 Å². The van der Waals surface area contributed by atoms with E-state index < -0.39 is 27.1 Å². The highest BCUT2D eigenvalue weighted by atomic mass is 35.5. The summed E-state index contributed by atoms with van der Waals surface area (Å²) < 4.78 is 5.20. The van der Waals surface area contributed by atoms with E-state index in [9.17, 15) is 25.0 Å². The highest BCUT2D eigenvalue weighted by Crippen LogP contribution is 2.35. The summed E-state index contributed by atoms with van der Waals surface area (Å²) in [5, 5.41) is 25.9. The molecule has 0 saturated carbocycles. The Bertz CT molecular complexity index is 1210. The van der Waals surface area contributed by atoms with Gasteiger partial charge in [-0.1, -0.05) is 23.7 Å². The molecule has 0 aliphatic heterocycles. The molecule has 14 heteroatoms. The quantitative estimate of drug-likeness (QED) is 0.334. The molecule has 1 amide bonds. The molecular weight excluding hydrogens is 446 g/mol. The predicted molar refractivity (Wildman–Crippen MR) is 114 cm³/mol. The number of halogens is 1. The fraction of sp³-hybridized carbons (Fsp3) is 0.0556. The Morgan fingerprint density at radius 2 is 1.78 bits per heavy atom. The molecule has 3 rings (SSSR count). The van der Waals surface area contributed by atoms with Crippen molar-refractivity contribution in [3.05, 3.63) is 79.6 Å². The Hall–Kier alpha value is -4.52. The number of nitro groups is 2. The number of amides is 1. The zero-order valence-electron chi connectivity index (χ0n) is 16.2. The molecule has 3 aromatic rings. The van der Waals surface area contributed by atoms with E-state index in [2.05, 4.69) is 26.1 Å². The first-order chi connectivity index (χ1) is 15.3. The van der Waals surface area contributed by atoms with Gasteiger partial charge in [-0.05, 0) is 24.3 Å². The number of nitro benzene ring substituents is 1. The summed E-state index contributed by atoms with van der Waals surface area (Å²) in [6.45, 7) is 0. The summed E-state index contributed by atoms with van der Waals surface area (Å²) in [7, 11) is 1.41. The lowest BCUT2D eigenvalue weighted by Crippen LogP contribution is -2.30. The first-order valence-electron chi connectivity index (χ1n) is 8.71. The minimum absolute atomic E-state index is 0.215. The number of anilines is 3. The maximum atomic E-state index is 12.4. The molecule has 32 heavy (non-hydrogen) atoms. The number of methoxy groups -OCH3 is 1. The lowest BCUT2D eigenvalue weighted by atomic mass is 10.2. The van der Waals surface area contributed by atoms with Gasteiger partial charge in [-0.15, -0.1) is 0 Å². The Kier molecular flexibility index (Phi) is 6.60. The molecule has 0 aliphatic carbocycles. The van der Waals surface area contributed by atoms with Gasteiger partial charge in [0.25, 0.3) is 11.6 Å². The van der Waals surface area contributed by atoms with Gasteiger partial charge < -0.3 is 10.1 Å². The minimum atomic E-state index is -0.892. The third kappa shape index (κ3) is 4.79. The third-order valence-electron chi connectivity index (χ3n) is 4.06. The second kappa shape index (κ2) is 9.53. The van der Waals surface area contributed by atoms with Crippen LogP contribution in [0.5, 0.6) is 5.75 Å². The van der Waals surface area contributed by atoms with Crippen molar-refractivity contribution in [2.24, 2.45) is 0 Å². The molecular formula is C18H14ClN7O6. The molecule has 0 aliphatic rings. The van der Waals surface area contributed by atoms with Gasteiger partial charge in [-0.3, -0.25) is 35.9 Å². The van der Waals surface area contributed by atoms with Crippen LogP contribution in [0.1, 0.15) is 10.4 Å². The van der Waals surface area contributed by atoms with Crippen molar-refractivity contribution in [1.82, 2.24) is 15.4 Å². The molecule has 164 valence electrons. The van der Waals surface area contributed by atoms with Crippen LogP contribution in [0.25, 0.3) is 0 Å². The van der Waals surface area contributed by atoms with Crippen LogP contribution in [0.3, 0.4) is 0 Å². The van der Waals surface area contributed by atoms with Crippen LogP contribution in [-0.4, -0.2) is 32.8 Å². The van der Waals surface area contributed by atoms with Crippen molar-refractivity contribution in [2.75, 3.05) is 17.9 Å². The van der Waals surface area contributed by atoms with Gasteiger partial charge in [0.2, 0.25) is 11.6 Å². The number of rotatable bonds is 8. The van der Waals surface area contributed by atoms with Gasteiger partial charge in [-0.25, -0.2) is 9.97 Å². The van der Waals surface area contributed by atoms with Gasteiger partial charge >= 0.3 is 5.69 Å². The van der Waals surface area contributed by atoms with Crippen molar-refractivity contribution < 1.29 is 19.4 Å². The summed E-state index contributed by atoms with van der Waals surface area (Å²) in [5.74, 6) is -1.12. The van der Waals surface area contributed by atoms with Crippen LogP contribution < -0.4 is 20.9 Å². The molecule has 0 fully saturated rings. The molecule has 13 nitrogen and oxygen atoms in total. The monoisotopic (exact) mass is 459 g/mol. The van der Waals surface area contributed by atoms with Crippen LogP contribution in [0, 0.1) is 20.2 Å². The van der Waals surface area contributed by atoms with Crippen molar-refractivity contribution in [1.29, 1.82) is 0 Å². The molecule has 0 unspecified atom stereocenters. The normalized spacial score (nSPS) is 10.2. The lowest BCUT2D eigenvalue weighted by Gasteiger charge is -2.13. The molecule has 0 saturated heterocycles. The summed E-state index contributed by atoms with van der Waals surface area (Å²) in [6.07, 6.45) is 1.02. The number of aromatic nitrogens is 2. The van der Waals surface area contributed by atoms with E-state index in [0.29, 0.717) is 16.5 Å². The molecule has 0 spiro atoms. The van der Waals surface area contributed by atoms with E-state index in [1.54, 1.807) is 12.1 Å². The highest BCUT2D eigenvalue weighted by molar-refractivity contribution is 6.31. The van der Waals surface area contributed by atoms with E-state index in [-0.39, 0.29) is 17.2 Å². The van der Waals surface area contributed by atoms with Gasteiger partial charge in [0.1, 0.15) is 17.6 Å². The molecule has 2 aromatic carbocycles. The number of nitrogens with one attached hydrogen (secondary N) is 3. The predicted octanol–water partition coefficient (Wildman–Crippen LogP) is 3.46. The summed E-state index contributed by atoms with van der Waals surface area (Å²) >= 11 is 5.98. The van der Waals surface area contributed by atoms with E-state index in [0.717, 1.165) is 12.4 Å². The third-order valence-corrected chi connectivity index (χ3v) is 4.29. The second-order valence-electron chi connectivity index (χ2n) is 6.00. The van der Waals surface area contributed by atoms with E-state index in [1.807, 2.05) is 0 Å². The smallest absolute Gasteiger partial charge is 0.355 e. The molecule has 1 heterocycles. The number of ether oxygens (including phenoxy) is 1.